The predicted molar refractivity (Wildman–Crippen MR) is 113 cm³/mol. The molecule has 1 aromatic heterocycles. The summed E-state index contributed by atoms with van der Waals surface area (Å²) in [5.41, 5.74) is 4.07. The summed E-state index contributed by atoms with van der Waals surface area (Å²) in [4.78, 5) is 18.4. The van der Waals surface area contributed by atoms with E-state index in [-0.39, 0.29) is 12.0 Å². The lowest BCUT2D eigenvalue weighted by Gasteiger charge is -2.38. The number of carbonyl (C=O) groups is 1. The zero-order valence-corrected chi connectivity index (χ0v) is 17.6. The van der Waals surface area contributed by atoms with Gasteiger partial charge in [0.2, 0.25) is 5.89 Å². The standard InChI is InChI=1S/C24H26N2O4/c1-16-4-8-19(9-5-16)23-25-21(17(2)30-23)15-29-20-10-6-18(7-11-20)14-26-13-12-22(26)24(27)28-3/h4-11,22H,12-15H2,1-3H3. The molecule has 30 heavy (non-hydrogen) atoms. The van der Waals surface area contributed by atoms with Crippen LogP contribution in [0.25, 0.3) is 11.5 Å². The molecule has 1 atom stereocenters. The molecule has 2 aromatic carbocycles. The fourth-order valence-corrected chi connectivity index (χ4v) is 3.49. The quantitative estimate of drug-likeness (QED) is 0.546. The van der Waals surface area contributed by atoms with Crippen molar-refractivity contribution >= 4 is 5.97 Å². The topological polar surface area (TPSA) is 64.8 Å². The number of benzene rings is 2. The van der Waals surface area contributed by atoms with E-state index in [9.17, 15) is 4.79 Å². The molecule has 0 radical (unpaired) electrons. The van der Waals surface area contributed by atoms with Crippen LogP contribution in [0.1, 0.15) is 29.0 Å². The molecular weight excluding hydrogens is 380 g/mol. The summed E-state index contributed by atoms with van der Waals surface area (Å²) in [6, 6.07) is 15.9. The number of nitrogens with zero attached hydrogens (tertiary/aromatic N) is 2. The van der Waals surface area contributed by atoms with Crippen LogP contribution in [0.15, 0.2) is 52.9 Å². The third-order valence-corrected chi connectivity index (χ3v) is 5.48. The maximum Gasteiger partial charge on any atom is 0.323 e. The monoisotopic (exact) mass is 406 g/mol. The first-order valence-corrected chi connectivity index (χ1v) is 10.1. The van der Waals surface area contributed by atoms with E-state index in [1.807, 2.05) is 55.5 Å². The van der Waals surface area contributed by atoms with Crippen LogP contribution < -0.4 is 4.74 Å². The van der Waals surface area contributed by atoms with Crippen LogP contribution in [0, 0.1) is 13.8 Å². The number of likely N-dealkylation sites (tertiary alicyclic amines) is 1. The van der Waals surface area contributed by atoms with Crippen molar-refractivity contribution in [1.29, 1.82) is 0 Å². The van der Waals surface area contributed by atoms with Crippen LogP contribution in [0.3, 0.4) is 0 Å². The summed E-state index contributed by atoms with van der Waals surface area (Å²) < 4.78 is 16.6. The van der Waals surface area contributed by atoms with Gasteiger partial charge >= 0.3 is 5.97 Å². The van der Waals surface area contributed by atoms with Crippen LogP contribution in [0.2, 0.25) is 0 Å². The molecule has 6 heteroatoms. The number of hydrogen-bond acceptors (Lipinski definition) is 6. The molecule has 1 saturated heterocycles. The van der Waals surface area contributed by atoms with E-state index in [1.54, 1.807) is 0 Å². The first-order valence-electron chi connectivity index (χ1n) is 10.1. The molecule has 1 aliphatic heterocycles. The van der Waals surface area contributed by atoms with Crippen molar-refractivity contribution in [2.45, 2.75) is 39.5 Å². The number of hydrogen-bond donors (Lipinski definition) is 0. The van der Waals surface area contributed by atoms with Crippen molar-refractivity contribution in [3.05, 3.63) is 71.1 Å². The molecular formula is C24H26N2O4. The second-order valence-corrected chi connectivity index (χ2v) is 7.62. The fourth-order valence-electron chi connectivity index (χ4n) is 3.49. The van der Waals surface area contributed by atoms with E-state index in [4.69, 9.17) is 13.9 Å². The highest BCUT2D eigenvalue weighted by Gasteiger charge is 2.34. The Hall–Kier alpha value is -3.12. The molecule has 0 amide bonds. The molecule has 1 unspecified atom stereocenters. The van der Waals surface area contributed by atoms with Gasteiger partial charge in [-0.2, -0.15) is 0 Å². The molecule has 1 aliphatic rings. The largest absolute Gasteiger partial charge is 0.487 e. The average molecular weight is 406 g/mol. The van der Waals surface area contributed by atoms with Crippen molar-refractivity contribution in [1.82, 2.24) is 9.88 Å². The Bertz CT molecular complexity index is 1010. The Balaban J connectivity index is 1.34. The van der Waals surface area contributed by atoms with Gasteiger partial charge in [-0.25, -0.2) is 4.98 Å². The van der Waals surface area contributed by atoms with Crippen molar-refractivity contribution in [3.63, 3.8) is 0 Å². The lowest BCUT2D eigenvalue weighted by molar-refractivity contribution is -0.152. The zero-order valence-electron chi connectivity index (χ0n) is 17.6. The second-order valence-electron chi connectivity index (χ2n) is 7.62. The molecule has 0 spiro atoms. The minimum absolute atomic E-state index is 0.121. The summed E-state index contributed by atoms with van der Waals surface area (Å²) in [5, 5.41) is 0. The lowest BCUT2D eigenvalue weighted by atomic mass is 10.0. The van der Waals surface area contributed by atoms with Gasteiger partial charge in [-0.3, -0.25) is 9.69 Å². The van der Waals surface area contributed by atoms with Crippen LogP contribution in [0.4, 0.5) is 0 Å². The molecule has 4 rings (SSSR count). The van der Waals surface area contributed by atoms with E-state index in [1.165, 1.54) is 12.7 Å². The Labute approximate surface area is 176 Å². The van der Waals surface area contributed by atoms with Gasteiger partial charge in [0.05, 0.1) is 7.11 Å². The van der Waals surface area contributed by atoms with Gasteiger partial charge in [0.15, 0.2) is 0 Å². The Kier molecular flexibility index (Phi) is 5.86. The normalized spacial score (nSPS) is 16.2. The van der Waals surface area contributed by atoms with Crippen LogP contribution >= 0.6 is 0 Å². The third-order valence-electron chi connectivity index (χ3n) is 5.48. The van der Waals surface area contributed by atoms with E-state index in [0.717, 1.165) is 47.8 Å². The molecule has 0 saturated carbocycles. The number of aryl methyl sites for hydroxylation is 2. The summed E-state index contributed by atoms with van der Waals surface area (Å²) in [6.07, 6.45) is 0.857. The Morgan fingerprint density at radius 1 is 1.13 bits per heavy atom. The SMILES string of the molecule is COC(=O)C1CCN1Cc1ccc(OCc2nc(-c3ccc(C)cc3)oc2C)cc1. The van der Waals surface area contributed by atoms with E-state index >= 15 is 0 Å². The van der Waals surface area contributed by atoms with Crippen molar-refractivity contribution in [2.24, 2.45) is 0 Å². The average Bonchev–Trinajstić information content (AvgIpc) is 3.11. The Morgan fingerprint density at radius 2 is 1.87 bits per heavy atom. The highest BCUT2D eigenvalue weighted by atomic mass is 16.5. The second kappa shape index (κ2) is 8.71. The fraction of sp³-hybridized carbons (Fsp3) is 0.333. The van der Waals surface area contributed by atoms with E-state index in [2.05, 4.69) is 16.8 Å². The maximum atomic E-state index is 11.7. The van der Waals surface area contributed by atoms with Gasteiger partial charge in [-0.1, -0.05) is 29.8 Å². The summed E-state index contributed by atoms with van der Waals surface area (Å²) in [5.74, 6) is 1.98. The summed E-state index contributed by atoms with van der Waals surface area (Å²) in [7, 11) is 1.44. The number of esters is 1. The number of aromatic nitrogens is 1. The Morgan fingerprint density at radius 3 is 2.50 bits per heavy atom. The van der Waals surface area contributed by atoms with Crippen LogP contribution in [0.5, 0.6) is 5.75 Å². The van der Waals surface area contributed by atoms with Gasteiger partial charge in [0.1, 0.15) is 29.9 Å². The van der Waals surface area contributed by atoms with Crippen molar-refractivity contribution in [2.75, 3.05) is 13.7 Å². The first-order chi connectivity index (χ1) is 14.5. The van der Waals surface area contributed by atoms with E-state index in [0.29, 0.717) is 12.5 Å². The molecule has 3 aromatic rings. The van der Waals surface area contributed by atoms with Crippen molar-refractivity contribution < 1.29 is 18.7 Å². The highest BCUT2D eigenvalue weighted by molar-refractivity contribution is 5.76. The number of methoxy groups -OCH3 is 1. The van der Waals surface area contributed by atoms with Crippen molar-refractivity contribution in [3.8, 4) is 17.2 Å². The maximum absolute atomic E-state index is 11.7. The minimum atomic E-state index is -0.158. The lowest BCUT2D eigenvalue weighted by Crippen LogP contribution is -2.52. The van der Waals surface area contributed by atoms with Gasteiger partial charge in [0, 0.05) is 18.7 Å². The van der Waals surface area contributed by atoms with E-state index < -0.39 is 0 Å². The van der Waals surface area contributed by atoms with Crippen LogP contribution in [-0.4, -0.2) is 35.5 Å². The number of oxazole rings is 1. The van der Waals surface area contributed by atoms with Gasteiger partial charge < -0.3 is 13.9 Å². The molecule has 2 heterocycles. The van der Waals surface area contributed by atoms with Gasteiger partial charge in [0.25, 0.3) is 0 Å². The number of ether oxygens (including phenoxy) is 2. The number of rotatable bonds is 7. The molecule has 0 N–H and O–H groups in total. The predicted octanol–water partition coefficient (Wildman–Crippen LogP) is 4.28. The molecule has 1 fully saturated rings. The summed E-state index contributed by atoms with van der Waals surface area (Å²) >= 11 is 0. The van der Waals surface area contributed by atoms with Gasteiger partial charge in [-0.05, 0) is 50.1 Å². The molecule has 6 nitrogen and oxygen atoms in total. The molecule has 0 bridgehead atoms. The molecule has 0 aliphatic carbocycles. The zero-order chi connectivity index (χ0) is 21.1. The van der Waals surface area contributed by atoms with Crippen LogP contribution in [-0.2, 0) is 22.7 Å². The summed E-state index contributed by atoms with van der Waals surface area (Å²) in [6.45, 7) is 5.93. The number of carbonyl (C=O) groups excluding carboxylic acids is 1. The third kappa shape index (κ3) is 4.39. The minimum Gasteiger partial charge on any atom is -0.487 e. The first kappa shape index (κ1) is 20.2. The molecule has 156 valence electrons. The smallest absolute Gasteiger partial charge is 0.323 e. The van der Waals surface area contributed by atoms with Gasteiger partial charge in [-0.15, -0.1) is 0 Å². The highest BCUT2D eigenvalue weighted by Crippen LogP contribution is 2.25.